The van der Waals surface area contributed by atoms with Gasteiger partial charge in [-0.1, -0.05) is 12.1 Å². The van der Waals surface area contributed by atoms with E-state index in [4.69, 9.17) is 4.74 Å². The van der Waals surface area contributed by atoms with Crippen LogP contribution in [0.5, 0.6) is 0 Å². The van der Waals surface area contributed by atoms with Crippen LogP contribution in [0.25, 0.3) is 0 Å². The number of hydrogen-bond acceptors (Lipinski definition) is 4. The fraction of sp³-hybridized carbons (Fsp3) is 0.480. The van der Waals surface area contributed by atoms with Crippen molar-refractivity contribution in [1.29, 1.82) is 0 Å². The highest BCUT2D eigenvalue weighted by Crippen LogP contribution is 2.40. The summed E-state index contributed by atoms with van der Waals surface area (Å²) in [4.78, 5) is 17.2. The molecule has 3 aliphatic heterocycles. The van der Waals surface area contributed by atoms with E-state index in [0.29, 0.717) is 49.7 Å². The number of alkyl halides is 3. The van der Waals surface area contributed by atoms with Gasteiger partial charge in [-0.2, -0.15) is 13.2 Å². The summed E-state index contributed by atoms with van der Waals surface area (Å²) >= 11 is 0. The number of halogens is 4. The zero-order valence-electron chi connectivity index (χ0n) is 18.7. The summed E-state index contributed by atoms with van der Waals surface area (Å²) in [6.45, 7) is 2.44. The van der Waals surface area contributed by atoms with Gasteiger partial charge < -0.3 is 19.9 Å². The number of carbonyl (C=O) groups excluding carboxylic acids is 1. The van der Waals surface area contributed by atoms with Crippen molar-refractivity contribution in [1.82, 2.24) is 5.32 Å². The molecule has 3 heterocycles. The molecule has 34 heavy (non-hydrogen) atoms. The largest absolute Gasteiger partial charge is 0.416 e. The molecular weight excluding hydrogens is 450 g/mol. The van der Waals surface area contributed by atoms with Gasteiger partial charge in [-0.15, -0.1) is 0 Å². The van der Waals surface area contributed by atoms with E-state index in [-0.39, 0.29) is 30.3 Å². The molecule has 2 fully saturated rings. The van der Waals surface area contributed by atoms with Crippen molar-refractivity contribution >= 4 is 17.3 Å². The highest BCUT2D eigenvalue weighted by molar-refractivity contribution is 5.82. The van der Waals surface area contributed by atoms with Crippen molar-refractivity contribution in [3.63, 3.8) is 0 Å². The van der Waals surface area contributed by atoms with Gasteiger partial charge in [-0.3, -0.25) is 4.79 Å². The van der Waals surface area contributed by atoms with Crippen molar-refractivity contribution in [2.24, 2.45) is 5.92 Å². The summed E-state index contributed by atoms with van der Waals surface area (Å²) in [5, 5.41) is 2.96. The Bertz CT molecular complexity index is 1050. The van der Waals surface area contributed by atoms with Crippen LogP contribution in [0.3, 0.4) is 0 Å². The van der Waals surface area contributed by atoms with E-state index in [1.165, 1.54) is 12.1 Å². The molecule has 182 valence electrons. The first-order valence-corrected chi connectivity index (χ1v) is 11.7. The number of hydrogen-bond donors (Lipinski definition) is 1. The predicted octanol–water partition coefficient (Wildman–Crippen LogP) is 4.01. The van der Waals surface area contributed by atoms with E-state index >= 15 is 0 Å². The highest BCUT2D eigenvalue weighted by atomic mass is 19.4. The molecule has 0 spiro atoms. The standard InChI is InChI=1S/C25H27F4N3O2/c26-20-5-1-2-6-22(20)31-9-10-32-21-8-7-17(25(27,28)29)12-16(21)13-19(23(32)15-31)24(33)30-14-18-4-3-11-34-18/h1-2,5-8,12,18-19,23H,3-4,9-11,13-15H2,(H,30,33)/t18-,19+,23+/m0/s1. The minimum atomic E-state index is -4.45. The Kier molecular flexibility index (Phi) is 6.14. The first-order valence-electron chi connectivity index (χ1n) is 11.7. The normalized spacial score (nSPS) is 24.5. The lowest BCUT2D eigenvalue weighted by molar-refractivity contribution is -0.137. The Balaban J connectivity index is 1.44. The average molecular weight is 478 g/mol. The molecule has 0 saturated carbocycles. The zero-order chi connectivity index (χ0) is 23.9. The van der Waals surface area contributed by atoms with E-state index in [9.17, 15) is 22.4 Å². The van der Waals surface area contributed by atoms with Crippen molar-refractivity contribution < 1.29 is 27.1 Å². The predicted molar refractivity (Wildman–Crippen MR) is 120 cm³/mol. The number of amides is 1. The molecule has 0 radical (unpaired) electrons. The minimum absolute atomic E-state index is 0.0333. The van der Waals surface area contributed by atoms with Gasteiger partial charge in [-0.25, -0.2) is 4.39 Å². The summed E-state index contributed by atoms with van der Waals surface area (Å²) in [6.07, 6.45) is -2.46. The Labute approximate surface area is 195 Å². The van der Waals surface area contributed by atoms with Gasteiger partial charge in [0.15, 0.2) is 0 Å². The molecule has 0 unspecified atom stereocenters. The van der Waals surface area contributed by atoms with Gasteiger partial charge in [0, 0.05) is 38.5 Å². The number of piperazine rings is 1. The van der Waals surface area contributed by atoms with Crippen LogP contribution >= 0.6 is 0 Å². The Morgan fingerprint density at radius 1 is 1.12 bits per heavy atom. The van der Waals surface area contributed by atoms with Crippen molar-refractivity contribution in [3.8, 4) is 0 Å². The van der Waals surface area contributed by atoms with Crippen LogP contribution in [0.4, 0.5) is 28.9 Å². The molecule has 1 amide bonds. The van der Waals surface area contributed by atoms with Crippen LogP contribution in [0.2, 0.25) is 0 Å². The molecule has 5 rings (SSSR count). The van der Waals surface area contributed by atoms with Crippen LogP contribution in [0, 0.1) is 11.7 Å². The number of fused-ring (bicyclic) bond motifs is 3. The van der Waals surface area contributed by atoms with Gasteiger partial charge in [0.1, 0.15) is 5.82 Å². The summed E-state index contributed by atoms with van der Waals surface area (Å²) < 4.78 is 60.2. The molecule has 0 aliphatic carbocycles. The number of nitrogens with one attached hydrogen (secondary N) is 1. The molecule has 2 aromatic rings. The lowest BCUT2D eigenvalue weighted by atomic mass is 9.82. The number of benzene rings is 2. The maximum absolute atomic E-state index is 14.5. The maximum Gasteiger partial charge on any atom is 0.416 e. The van der Waals surface area contributed by atoms with Gasteiger partial charge in [0.2, 0.25) is 5.91 Å². The molecule has 9 heteroatoms. The third kappa shape index (κ3) is 4.45. The van der Waals surface area contributed by atoms with E-state index in [0.717, 1.165) is 25.0 Å². The highest BCUT2D eigenvalue weighted by Gasteiger charge is 2.43. The lowest BCUT2D eigenvalue weighted by Gasteiger charge is -2.49. The Morgan fingerprint density at radius 2 is 1.94 bits per heavy atom. The molecule has 0 bridgehead atoms. The van der Waals surface area contributed by atoms with E-state index in [1.54, 1.807) is 18.2 Å². The smallest absolute Gasteiger partial charge is 0.376 e. The van der Waals surface area contributed by atoms with Gasteiger partial charge in [-0.05, 0) is 55.2 Å². The molecule has 1 N–H and O–H groups in total. The van der Waals surface area contributed by atoms with Crippen molar-refractivity contribution in [2.45, 2.75) is 37.6 Å². The van der Waals surface area contributed by atoms with Gasteiger partial charge in [0.25, 0.3) is 0 Å². The quantitative estimate of drug-likeness (QED) is 0.677. The number of nitrogens with zero attached hydrogens (tertiary/aromatic N) is 2. The fourth-order valence-corrected chi connectivity index (χ4v) is 5.38. The van der Waals surface area contributed by atoms with E-state index in [1.807, 2.05) is 9.80 Å². The Hall–Kier alpha value is -2.81. The first-order chi connectivity index (χ1) is 16.3. The first kappa shape index (κ1) is 23.0. The van der Waals surface area contributed by atoms with Crippen molar-refractivity contribution in [2.75, 3.05) is 42.6 Å². The van der Waals surface area contributed by atoms with Gasteiger partial charge >= 0.3 is 6.18 Å². The number of anilines is 2. The second-order valence-corrected chi connectivity index (χ2v) is 9.19. The lowest BCUT2D eigenvalue weighted by Crippen LogP contribution is -2.61. The fourth-order valence-electron chi connectivity index (χ4n) is 5.38. The van der Waals surface area contributed by atoms with Crippen LogP contribution < -0.4 is 15.1 Å². The molecule has 2 saturated heterocycles. The van der Waals surface area contributed by atoms with E-state index in [2.05, 4.69) is 5.32 Å². The molecule has 3 aliphatic rings. The molecule has 5 nitrogen and oxygen atoms in total. The third-order valence-electron chi connectivity index (χ3n) is 7.10. The maximum atomic E-state index is 14.5. The van der Waals surface area contributed by atoms with E-state index < -0.39 is 17.7 Å². The summed E-state index contributed by atoms with van der Waals surface area (Å²) in [5.74, 6) is -1.10. The summed E-state index contributed by atoms with van der Waals surface area (Å²) in [6, 6.07) is 9.99. The van der Waals surface area contributed by atoms with Crippen LogP contribution in [0.15, 0.2) is 42.5 Å². The van der Waals surface area contributed by atoms with Crippen LogP contribution in [-0.2, 0) is 22.1 Å². The van der Waals surface area contributed by atoms with Crippen LogP contribution in [0.1, 0.15) is 24.0 Å². The van der Waals surface area contributed by atoms with Gasteiger partial charge in [0.05, 0.1) is 29.3 Å². The summed E-state index contributed by atoms with van der Waals surface area (Å²) in [7, 11) is 0. The number of ether oxygens (including phenoxy) is 1. The third-order valence-corrected chi connectivity index (χ3v) is 7.10. The van der Waals surface area contributed by atoms with Crippen LogP contribution in [-0.4, -0.2) is 50.8 Å². The molecular formula is C25H27F4N3O2. The molecule has 2 aromatic carbocycles. The second kappa shape index (κ2) is 9.09. The SMILES string of the molecule is O=C(NC[C@@H]1CCCO1)[C@@H]1Cc2cc(C(F)(F)F)ccc2N2CCN(c3ccccc3F)C[C@H]12. The zero-order valence-corrected chi connectivity index (χ0v) is 18.7. The molecule has 3 atom stereocenters. The van der Waals surface area contributed by atoms with Crippen molar-refractivity contribution in [3.05, 3.63) is 59.4 Å². The number of rotatable bonds is 4. The topological polar surface area (TPSA) is 44.8 Å². The summed E-state index contributed by atoms with van der Waals surface area (Å²) in [5.41, 5.74) is 0.990. The molecule has 0 aromatic heterocycles. The second-order valence-electron chi connectivity index (χ2n) is 9.19. The number of carbonyl (C=O) groups is 1. The minimum Gasteiger partial charge on any atom is -0.376 e. The number of para-hydroxylation sites is 1. The average Bonchev–Trinajstić information content (AvgIpc) is 3.35. The monoisotopic (exact) mass is 477 g/mol. The Morgan fingerprint density at radius 3 is 2.68 bits per heavy atom.